The maximum Gasteiger partial charge on any atom is 0.315 e. The van der Waals surface area contributed by atoms with Gasteiger partial charge in [0.25, 0.3) is 0 Å². The fourth-order valence-corrected chi connectivity index (χ4v) is 1.01. The third-order valence-corrected chi connectivity index (χ3v) is 1.69. The Balaban J connectivity index is 4.21. The van der Waals surface area contributed by atoms with Crippen LogP contribution in [0.5, 0.6) is 0 Å². The van der Waals surface area contributed by atoms with Gasteiger partial charge in [0.05, 0.1) is 13.1 Å². The Kier molecular flexibility index (Phi) is 6.27. The number of urea groups is 1. The van der Waals surface area contributed by atoms with Crippen LogP contribution < -0.4 is 5.73 Å². The molecule has 0 saturated carbocycles. The first-order valence-electron chi connectivity index (χ1n) is 3.94. The minimum absolute atomic E-state index is 0.181. The van der Waals surface area contributed by atoms with Gasteiger partial charge in [0, 0.05) is 19.3 Å². The molecule has 0 unspecified atom stereocenters. The number of rotatable bonds is 6. The summed E-state index contributed by atoms with van der Waals surface area (Å²) in [5.41, 5.74) is 5.12. The van der Waals surface area contributed by atoms with E-state index in [9.17, 15) is 4.79 Å². The Bertz CT molecular complexity index is 207. The van der Waals surface area contributed by atoms with Crippen molar-refractivity contribution in [1.82, 2.24) is 4.90 Å². The monoisotopic (exact) mass is 222 g/mol. The number of nitrogens with two attached hydrogens (primary N) is 1. The van der Waals surface area contributed by atoms with Crippen LogP contribution in [0.25, 0.3) is 0 Å². The number of amides is 2. The molecule has 0 bridgehead atoms. The standard InChI is InChI=1S/C8H15ClN2O3/c1-6(9)4-11(8(10)12)5-7(13-2)14-3/h7H,1,4-5H2,2-3H3,(H2,10,12). The summed E-state index contributed by atoms with van der Waals surface area (Å²) in [4.78, 5) is 12.2. The molecule has 0 saturated heterocycles. The lowest BCUT2D eigenvalue weighted by atomic mass is 10.4. The molecule has 0 fully saturated rings. The molecule has 0 heterocycles. The van der Waals surface area contributed by atoms with E-state index < -0.39 is 12.3 Å². The number of hydrogen-bond donors (Lipinski definition) is 1. The van der Waals surface area contributed by atoms with Gasteiger partial charge in [-0.3, -0.25) is 0 Å². The van der Waals surface area contributed by atoms with Gasteiger partial charge in [-0.25, -0.2) is 4.79 Å². The van der Waals surface area contributed by atoms with Crippen molar-refractivity contribution in [3.05, 3.63) is 11.6 Å². The van der Waals surface area contributed by atoms with Crippen LogP contribution in [0.1, 0.15) is 0 Å². The fraction of sp³-hybridized carbons (Fsp3) is 0.625. The second kappa shape index (κ2) is 6.64. The first-order chi connectivity index (χ1) is 6.51. The second-order valence-electron chi connectivity index (χ2n) is 2.64. The average Bonchev–Trinajstić information content (AvgIpc) is 2.11. The van der Waals surface area contributed by atoms with Crippen molar-refractivity contribution in [3.63, 3.8) is 0 Å². The van der Waals surface area contributed by atoms with E-state index in [0.29, 0.717) is 5.03 Å². The van der Waals surface area contributed by atoms with Gasteiger partial charge in [-0.15, -0.1) is 0 Å². The van der Waals surface area contributed by atoms with Crippen molar-refractivity contribution < 1.29 is 14.3 Å². The maximum absolute atomic E-state index is 10.9. The molecule has 14 heavy (non-hydrogen) atoms. The second-order valence-corrected chi connectivity index (χ2v) is 3.17. The zero-order valence-corrected chi connectivity index (χ0v) is 9.08. The fourth-order valence-electron chi connectivity index (χ4n) is 0.865. The van der Waals surface area contributed by atoms with Crippen LogP contribution in [0, 0.1) is 0 Å². The lowest BCUT2D eigenvalue weighted by Crippen LogP contribution is -2.42. The molecule has 2 amide bonds. The number of hydrogen-bond acceptors (Lipinski definition) is 3. The van der Waals surface area contributed by atoms with E-state index in [2.05, 4.69) is 6.58 Å². The molecular weight excluding hydrogens is 208 g/mol. The molecule has 5 nitrogen and oxygen atoms in total. The Morgan fingerprint density at radius 2 is 2.07 bits per heavy atom. The highest BCUT2D eigenvalue weighted by atomic mass is 35.5. The molecule has 0 atom stereocenters. The Morgan fingerprint density at radius 3 is 2.36 bits per heavy atom. The van der Waals surface area contributed by atoms with E-state index in [0.717, 1.165) is 0 Å². The summed E-state index contributed by atoms with van der Waals surface area (Å²) >= 11 is 5.56. The molecule has 0 aromatic heterocycles. The van der Waals surface area contributed by atoms with Crippen molar-refractivity contribution >= 4 is 17.6 Å². The molecule has 2 N–H and O–H groups in total. The number of primary amides is 1. The van der Waals surface area contributed by atoms with Crippen molar-refractivity contribution in [2.75, 3.05) is 27.3 Å². The molecule has 0 rings (SSSR count). The number of carbonyl (C=O) groups is 1. The summed E-state index contributed by atoms with van der Waals surface area (Å²) in [5.74, 6) is 0. The first-order valence-corrected chi connectivity index (χ1v) is 4.32. The molecule has 0 aliphatic carbocycles. The Labute approximate surface area is 88.4 Å². The van der Waals surface area contributed by atoms with Crippen LogP contribution in [-0.2, 0) is 9.47 Å². The number of carbonyl (C=O) groups excluding carboxylic acids is 1. The van der Waals surface area contributed by atoms with Crippen molar-refractivity contribution in [1.29, 1.82) is 0 Å². The zero-order valence-electron chi connectivity index (χ0n) is 8.33. The van der Waals surface area contributed by atoms with Crippen molar-refractivity contribution in [2.24, 2.45) is 5.73 Å². The van der Waals surface area contributed by atoms with Crippen LogP contribution in [0.4, 0.5) is 4.79 Å². The van der Waals surface area contributed by atoms with Crippen LogP contribution in [0.3, 0.4) is 0 Å². The lowest BCUT2D eigenvalue weighted by molar-refractivity contribution is -0.110. The molecule has 0 aliphatic heterocycles. The van der Waals surface area contributed by atoms with Gasteiger partial charge in [0.2, 0.25) is 0 Å². The summed E-state index contributed by atoms with van der Waals surface area (Å²) in [7, 11) is 2.95. The Hall–Kier alpha value is -0.780. The topological polar surface area (TPSA) is 64.8 Å². The molecule has 0 aromatic rings. The molecule has 0 spiro atoms. The average molecular weight is 223 g/mol. The summed E-state index contributed by atoms with van der Waals surface area (Å²) in [6.07, 6.45) is -0.515. The van der Waals surface area contributed by atoms with Gasteiger partial charge >= 0.3 is 6.03 Å². The quantitative estimate of drug-likeness (QED) is 0.675. The van der Waals surface area contributed by atoms with Gasteiger partial charge in [0.15, 0.2) is 6.29 Å². The van der Waals surface area contributed by atoms with Gasteiger partial charge in [-0.05, 0) is 0 Å². The SMILES string of the molecule is C=C(Cl)CN(CC(OC)OC)C(N)=O. The normalized spacial score (nSPS) is 10.3. The first kappa shape index (κ1) is 13.2. The van der Waals surface area contributed by atoms with E-state index in [-0.39, 0.29) is 13.1 Å². The number of methoxy groups -OCH3 is 2. The summed E-state index contributed by atoms with van der Waals surface area (Å²) in [6.45, 7) is 3.87. The maximum atomic E-state index is 10.9. The minimum atomic E-state index is -0.592. The largest absolute Gasteiger partial charge is 0.354 e. The van der Waals surface area contributed by atoms with Gasteiger partial charge in [0.1, 0.15) is 0 Å². The van der Waals surface area contributed by atoms with Crippen molar-refractivity contribution in [2.45, 2.75) is 6.29 Å². The third-order valence-electron chi connectivity index (χ3n) is 1.57. The number of halogens is 1. The van der Waals surface area contributed by atoms with E-state index in [1.54, 1.807) is 0 Å². The van der Waals surface area contributed by atoms with Crippen LogP contribution in [0.15, 0.2) is 11.6 Å². The van der Waals surface area contributed by atoms with E-state index in [1.165, 1.54) is 19.1 Å². The molecule has 0 aliphatic rings. The molecule has 0 aromatic carbocycles. The number of ether oxygens (including phenoxy) is 2. The smallest absolute Gasteiger partial charge is 0.315 e. The zero-order chi connectivity index (χ0) is 11.1. The summed E-state index contributed by atoms with van der Waals surface area (Å²) in [5, 5.41) is 0.328. The predicted molar refractivity (Wildman–Crippen MR) is 54.0 cm³/mol. The Morgan fingerprint density at radius 1 is 1.57 bits per heavy atom. The highest BCUT2D eigenvalue weighted by molar-refractivity contribution is 6.29. The van der Waals surface area contributed by atoms with Gasteiger partial charge in [-0.1, -0.05) is 18.2 Å². The highest BCUT2D eigenvalue weighted by Gasteiger charge is 2.16. The molecular formula is C8H15ClN2O3. The van der Waals surface area contributed by atoms with E-state index in [4.69, 9.17) is 26.8 Å². The van der Waals surface area contributed by atoms with Crippen molar-refractivity contribution in [3.8, 4) is 0 Å². The molecule has 6 heteroatoms. The van der Waals surface area contributed by atoms with E-state index >= 15 is 0 Å². The van der Waals surface area contributed by atoms with Gasteiger partial charge < -0.3 is 20.1 Å². The van der Waals surface area contributed by atoms with E-state index in [1.807, 2.05) is 0 Å². The van der Waals surface area contributed by atoms with Gasteiger partial charge in [-0.2, -0.15) is 0 Å². The predicted octanol–water partition coefficient (Wildman–Crippen LogP) is 0.739. The number of nitrogens with zero attached hydrogens (tertiary/aromatic N) is 1. The van der Waals surface area contributed by atoms with Crippen LogP contribution in [-0.4, -0.2) is 44.5 Å². The van der Waals surface area contributed by atoms with Crippen LogP contribution in [0.2, 0.25) is 0 Å². The third kappa shape index (κ3) is 5.06. The highest BCUT2D eigenvalue weighted by Crippen LogP contribution is 2.04. The minimum Gasteiger partial charge on any atom is -0.354 e. The molecule has 0 radical (unpaired) electrons. The summed E-state index contributed by atoms with van der Waals surface area (Å²) in [6, 6.07) is -0.592. The lowest BCUT2D eigenvalue weighted by Gasteiger charge is -2.23. The summed E-state index contributed by atoms with van der Waals surface area (Å²) < 4.78 is 9.83. The van der Waals surface area contributed by atoms with Crippen LogP contribution >= 0.6 is 11.6 Å². The molecule has 82 valence electrons.